The third-order valence-electron chi connectivity index (χ3n) is 5.22. The predicted octanol–water partition coefficient (Wildman–Crippen LogP) is 3.42. The van der Waals surface area contributed by atoms with Gasteiger partial charge in [-0.25, -0.2) is 0 Å². The first-order valence-electron chi connectivity index (χ1n) is 9.58. The zero-order valence-corrected chi connectivity index (χ0v) is 18.0. The standard InChI is InChI=1S/C20H30N4O.HI/c1-21-20(23-18-10-3-2-4-11-18)22-13-7-12-19(25)24-14-16-8-5-6-9-17(16)15-24;/h5-6,8-9,18H,2-4,7,10-15H2,1H3,(H2,21,22,23);1H. The van der Waals surface area contributed by atoms with E-state index in [9.17, 15) is 4.79 Å². The molecule has 0 saturated heterocycles. The molecule has 0 aromatic heterocycles. The zero-order valence-electron chi connectivity index (χ0n) is 15.7. The van der Waals surface area contributed by atoms with Gasteiger partial charge in [0.2, 0.25) is 5.91 Å². The molecule has 1 fully saturated rings. The van der Waals surface area contributed by atoms with E-state index in [1.54, 1.807) is 0 Å². The number of halogens is 1. The zero-order chi connectivity index (χ0) is 17.5. The Hall–Kier alpha value is -1.31. The van der Waals surface area contributed by atoms with E-state index in [-0.39, 0.29) is 29.9 Å². The van der Waals surface area contributed by atoms with E-state index >= 15 is 0 Å². The summed E-state index contributed by atoms with van der Waals surface area (Å²) < 4.78 is 0. The summed E-state index contributed by atoms with van der Waals surface area (Å²) in [7, 11) is 1.81. The lowest BCUT2D eigenvalue weighted by Gasteiger charge is -2.25. The minimum atomic E-state index is 0. The van der Waals surface area contributed by atoms with Gasteiger partial charge in [-0.1, -0.05) is 43.5 Å². The van der Waals surface area contributed by atoms with Crippen LogP contribution < -0.4 is 10.6 Å². The summed E-state index contributed by atoms with van der Waals surface area (Å²) in [6.07, 6.45) is 7.84. The van der Waals surface area contributed by atoms with Gasteiger partial charge in [0.1, 0.15) is 0 Å². The molecule has 26 heavy (non-hydrogen) atoms. The third kappa shape index (κ3) is 5.86. The largest absolute Gasteiger partial charge is 0.356 e. The van der Waals surface area contributed by atoms with E-state index < -0.39 is 0 Å². The number of rotatable bonds is 5. The summed E-state index contributed by atoms with van der Waals surface area (Å²) in [4.78, 5) is 18.7. The highest BCUT2D eigenvalue weighted by Crippen LogP contribution is 2.22. The van der Waals surface area contributed by atoms with E-state index in [2.05, 4.69) is 27.8 Å². The number of hydrogen-bond acceptors (Lipinski definition) is 2. The van der Waals surface area contributed by atoms with Crippen molar-refractivity contribution in [2.75, 3.05) is 13.6 Å². The van der Waals surface area contributed by atoms with Crippen LogP contribution in [0.3, 0.4) is 0 Å². The Morgan fingerprint density at radius 3 is 2.42 bits per heavy atom. The lowest BCUT2D eigenvalue weighted by atomic mass is 9.96. The molecule has 0 spiro atoms. The maximum atomic E-state index is 12.4. The van der Waals surface area contributed by atoms with Gasteiger partial charge in [-0.2, -0.15) is 0 Å². The van der Waals surface area contributed by atoms with Crippen LogP contribution in [-0.2, 0) is 17.9 Å². The van der Waals surface area contributed by atoms with Gasteiger partial charge >= 0.3 is 0 Å². The molecule has 1 aliphatic heterocycles. The van der Waals surface area contributed by atoms with Crippen molar-refractivity contribution in [2.24, 2.45) is 4.99 Å². The fraction of sp³-hybridized carbons (Fsp3) is 0.600. The van der Waals surface area contributed by atoms with Crippen LogP contribution in [0, 0.1) is 0 Å². The van der Waals surface area contributed by atoms with Crippen LogP contribution in [-0.4, -0.2) is 36.4 Å². The number of hydrogen-bond donors (Lipinski definition) is 2. The average Bonchev–Trinajstić information content (AvgIpc) is 3.09. The van der Waals surface area contributed by atoms with Crippen LogP contribution in [0.15, 0.2) is 29.3 Å². The molecule has 0 atom stereocenters. The molecule has 2 aliphatic rings. The van der Waals surface area contributed by atoms with Crippen molar-refractivity contribution in [3.63, 3.8) is 0 Å². The number of guanidine groups is 1. The van der Waals surface area contributed by atoms with Gasteiger partial charge < -0.3 is 15.5 Å². The van der Waals surface area contributed by atoms with Crippen molar-refractivity contribution in [2.45, 2.75) is 64.1 Å². The fourth-order valence-corrected chi connectivity index (χ4v) is 3.75. The second kappa shape index (κ2) is 10.7. The Labute approximate surface area is 174 Å². The molecule has 3 rings (SSSR count). The average molecular weight is 470 g/mol. The number of fused-ring (bicyclic) bond motifs is 1. The Bertz CT molecular complexity index is 589. The second-order valence-corrected chi connectivity index (χ2v) is 7.10. The molecule has 1 heterocycles. The van der Waals surface area contributed by atoms with Crippen LogP contribution in [0.5, 0.6) is 0 Å². The van der Waals surface area contributed by atoms with Crippen molar-refractivity contribution in [3.8, 4) is 0 Å². The van der Waals surface area contributed by atoms with Crippen LogP contribution in [0.25, 0.3) is 0 Å². The molecule has 1 amide bonds. The maximum Gasteiger partial charge on any atom is 0.223 e. The van der Waals surface area contributed by atoms with Gasteiger partial charge in [-0.15, -0.1) is 24.0 Å². The SMILES string of the molecule is CN=C(NCCCC(=O)N1Cc2ccccc2C1)NC1CCCCC1.I. The summed E-state index contributed by atoms with van der Waals surface area (Å²) in [6.45, 7) is 2.29. The second-order valence-electron chi connectivity index (χ2n) is 7.10. The number of benzene rings is 1. The van der Waals surface area contributed by atoms with Crippen molar-refractivity contribution in [1.82, 2.24) is 15.5 Å². The molecule has 0 bridgehead atoms. The molecular formula is C20H31IN4O. The molecular weight excluding hydrogens is 439 g/mol. The Balaban J connectivity index is 0.00000243. The van der Waals surface area contributed by atoms with Gasteiger partial charge in [-0.05, 0) is 30.4 Å². The first-order chi connectivity index (χ1) is 12.3. The highest BCUT2D eigenvalue weighted by Gasteiger charge is 2.22. The first kappa shape index (κ1) is 21.0. The molecule has 144 valence electrons. The summed E-state index contributed by atoms with van der Waals surface area (Å²) in [6, 6.07) is 8.86. The van der Waals surface area contributed by atoms with E-state index in [1.165, 1.54) is 43.2 Å². The van der Waals surface area contributed by atoms with Crippen molar-refractivity contribution < 1.29 is 4.79 Å². The number of nitrogens with one attached hydrogen (secondary N) is 2. The van der Waals surface area contributed by atoms with Crippen LogP contribution in [0.4, 0.5) is 0 Å². The summed E-state index contributed by atoms with van der Waals surface area (Å²) in [5.41, 5.74) is 2.57. The van der Waals surface area contributed by atoms with Gasteiger partial charge in [0.15, 0.2) is 5.96 Å². The lowest BCUT2D eigenvalue weighted by molar-refractivity contribution is -0.131. The smallest absolute Gasteiger partial charge is 0.223 e. The normalized spacial score (nSPS) is 17.4. The summed E-state index contributed by atoms with van der Waals surface area (Å²) in [5, 5.41) is 6.85. The van der Waals surface area contributed by atoms with E-state index in [4.69, 9.17) is 0 Å². The van der Waals surface area contributed by atoms with Crippen molar-refractivity contribution >= 4 is 35.8 Å². The number of amides is 1. The predicted molar refractivity (Wildman–Crippen MR) is 117 cm³/mol. The van der Waals surface area contributed by atoms with Gasteiger partial charge in [0.05, 0.1) is 0 Å². The molecule has 1 aromatic carbocycles. The van der Waals surface area contributed by atoms with Crippen molar-refractivity contribution in [3.05, 3.63) is 35.4 Å². The molecule has 1 saturated carbocycles. The molecule has 0 unspecified atom stereocenters. The molecule has 0 radical (unpaired) electrons. The van der Waals surface area contributed by atoms with Crippen LogP contribution in [0.2, 0.25) is 0 Å². The van der Waals surface area contributed by atoms with Gasteiger partial charge in [0.25, 0.3) is 0 Å². The number of carbonyl (C=O) groups excluding carboxylic acids is 1. The topological polar surface area (TPSA) is 56.7 Å². The monoisotopic (exact) mass is 470 g/mol. The molecule has 5 nitrogen and oxygen atoms in total. The Morgan fingerprint density at radius 2 is 1.81 bits per heavy atom. The highest BCUT2D eigenvalue weighted by atomic mass is 127. The fourth-order valence-electron chi connectivity index (χ4n) is 3.75. The van der Waals surface area contributed by atoms with Crippen molar-refractivity contribution in [1.29, 1.82) is 0 Å². The highest BCUT2D eigenvalue weighted by molar-refractivity contribution is 14.0. The Morgan fingerprint density at radius 1 is 1.15 bits per heavy atom. The third-order valence-corrected chi connectivity index (χ3v) is 5.22. The maximum absolute atomic E-state index is 12.4. The number of aliphatic imine (C=N–C) groups is 1. The van der Waals surface area contributed by atoms with E-state index in [0.29, 0.717) is 12.5 Å². The molecule has 2 N–H and O–H groups in total. The van der Waals surface area contributed by atoms with Gasteiger partial charge in [-0.3, -0.25) is 9.79 Å². The van der Waals surface area contributed by atoms with Crippen LogP contribution in [0.1, 0.15) is 56.1 Å². The van der Waals surface area contributed by atoms with E-state index in [0.717, 1.165) is 32.0 Å². The Kier molecular flexibility index (Phi) is 8.68. The molecule has 1 aromatic rings. The minimum Gasteiger partial charge on any atom is -0.356 e. The quantitative estimate of drug-likeness (QED) is 0.300. The first-order valence-corrected chi connectivity index (χ1v) is 9.58. The lowest BCUT2D eigenvalue weighted by Crippen LogP contribution is -2.44. The summed E-state index contributed by atoms with van der Waals surface area (Å²) >= 11 is 0. The molecule has 1 aliphatic carbocycles. The number of nitrogens with zero attached hydrogens (tertiary/aromatic N) is 2. The number of carbonyl (C=O) groups is 1. The minimum absolute atomic E-state index is 0. The van der Waals surface area contributed by atoms with Gasteiger partial charge in [0, 0.05) is 39.1 Å². The van der Waals surface area contributed by atoms with E-state index in [1.807, 2.05) is 24.1 Å². The van der Waals surface area contributed by atoms with Crippen LogP contribution >= 0.6 is 24.0 Å². The summed E-state index contributed by atoms with van der Waals surface area (Å²) in [5.74, 6) is 1.11. The molecule has 6 heteroatoms.